The second-order valence-electron chi connectivity index (χ2n) is 4.87. The highest BCUT2D eigenvalue weighted by Crippen LogP contribution is 2.21. The molecule has 7 heteroatoms. The standard InChI is InChI=1S/C14H17FN2O2S2/c1-9-6-12(15)7-10(2)14(9)21(18,19)16-5-4-13-8-20-11(3)17-13/h6-8,16H,4-5H2,1-3H3. The Morgan fingerprint density at radius 1 is 1.24 bits per heavy atom. The first-order valence-corrected chi connectivity index (χ1v) is 8.83. The highest BCUT2D eigenvalue weighted by atomic mass is 32.2. The number of aromatic nitrogens is 1. The average Bonchev–Trinajstić information content (AvgIpc) is 2.72. The van der Waals surface area contributed by atoms with E-state index in [1.807, 2.05) is 12.3 Å². The summed E-state index contributed by atoms with van der Waals surface area (Å²) in [6.07, 6.45) is 0.531. The van der Waals surface area contributed by atoms with Crippen LogP contribution in [0.15, 0.2) is 22.4 Å². The minimum absolute atomic E-state index is 0.151. The van der Waals surface area contributed by atoms with E-state index in [9.17, 15) is 12.8 Å². The third-order valence-corrected chi connectivity index (χ3v) is 5.62. The van der Waals surface area contributed by atoms with Crippen LogP contribution in [0, 0.1) is 26.6 Å². The Balaban J connectivity index is 2.12. The van der Waals surface area contributed by atoms with Gasteiger partial charge in [0, 0.05) is 18.3 Å². The molecule has 0 bridgehead atoms. The molecular weight excluding hydrogens is 311 g/mol. The minimum atomic E-state index is -3.64. The van der Waals surface area contributed by atoms with Gasteiger partial charge in [-0.3, -0.25) is 0 Å². The van der Waals surface area contributed by atoms with Crippen molar-refractivity contribution < 1.29 is 12.8 Å². The second kappa shape index (κ2) is 6.21. The maximum absolute atomic E-state index is 13.2. The number of nitrogens with one attached hydrogen (secondary N) is 1. The second-order valence-corrected chi connectivity index (χ2v) is 7.64. The van der Waals surface area contributed by atoms with E-state index in [0.29, 0.717) is 17.5 Å². The van der Waals surface area contributed by atoms with Crippen molar-refractivity contribution in [2.75, 3.05) is 6.54 Å². The Labute approximate surface area is 128 Å². The lowest BCUT2D eigenvalue weighted by atomic mass is 10.1. The number of sulfonamides is 1. The van der Waals surface area contributed by atoms with E-state index < -0.39 is 15.8 Å². The van der Waals surface area contributed by atoms with E-state index in [2.05, 4.69) is 9.71 Å². The Kier molecular flexibility index (Phi) is 4.75. The van der Waals surface area contributed by atoms with Crippen molar-refractivity contribution in [3.05, 3.63) is 45.2 Å². The summed E-state index contributed by atoms with van der Waals surface area (Å²) in [7, 11) is -3.64. The van der Waals surface area contributed by atoms with Crippen LogP contribution in [0.25, 0.3) is 0 Å². The van der Waals surface area contributed by atoms with E-state index >= 15 is 0 Å². The van der Waals surface area contributed by atoms with Crippen molar-refractivity contribution in [3.8, 4) is 0 Å². The molecule has 21 heavy (non-hydrogen) atoms. The topological polar surface area (TPSA) is 59.1 Å². The molecule has 2 aromatic rings. The molecule has 0 spiro atoms. The summed E-state index contributed by atoms with van der Waals surface area (Å²) in [4.78, 5) is 4.44. The van der Waals surface area contributed by atoms with Crippen LogP contribution in [0.5, 0.6) is 0 Å². The lowest BCUT2D eigenvalue weighted by Gasteiger charge is -2.12. The van der Waals surface area contributed by atoms with Crippen molar-refractivity contribution in [1.29, 1.82) is 0 Å². The van der Waals surface area contributed by atoms with E-state index in [1.54, 1.807) is 13.8 Å². The maximum atomic E-state index is 13.2. The van der Waals surface area contributed by atoms with Crippen molar-refractivity contribution in [2.24, 2.45) is 0 Å². The molecule has 0 aliphatic heterocycles. The molecule has 0 aliphatic carbocycles. The molecule has 0 aliphatic rings. The zero-order valence-electron chi connectivity index (χ0n) is 12.1. The van der Waals surface area contributed by atoms with Crippen LogP contribution in [0.1, 0.15) is 21.8 Å². The number of hydrogen-bond acceptors (Lipinski definition) is 4. The number of hydrogen-bond donors (Lipinski definition) is 1. The van der Waals surface area contributed by atoms with Crippen LogP contribution in [0.3, 0.4) is 0 Å². The van der Waals surface area contributed by atoms with Crippen LogP contribution in [-0.4, -0.2) is 19.9 Å². The number of rotatable bonds is 5. The van der Waals surface area contributed by atoms with E-state index in [4.69, 9.17) is 0 Å². The summed E-state index contributed by atoms with van der Waals surface area (Å²) >= 11 is 1.54. The molecule has 1 aromatic carbocycles. The van der Waals surface area contributed by atoms with Crippen LogP contribution in [0.2, 0.25) is 0 Å². The van der Waals surface area contributed by atoms with Gasteiger partial charge in [-0.05, 0) is 44.0 Å². The molecule has 4 nitrogen and oxygen atoms in total. The fourth-order valence-electron chi connectivity index (χ4n) is 2.23. The molecule has 1 N–H and O–H groups in total. The summed E-state index contributed by atoms with van der Waals surface area (Å²) in [6.45, 7) is 5.36. The zero-order valence-corrected chi connectivity index (χ0v) is 13.7. The van der Waals surface area contributed by atoms with E-state index in [0.717, 1.165) is 10.7 Å². The maximum Gasteiger partial charge on any atom is 0.241 e. The van der Waals surface area contributed by atoms with Gasteiger partial charge in [-0.1, -0.05) is 0 Å². The van der Waals surface area contributed by atoms with Gasteiger partial charge in [0.25, 0.3) is 0 Å². The van der Waals surface area contributed by atoms with Gasteiger partial charge in [0.2, 0.25) is 10.0 Å². The Hall–Kier alpha value is -1.31. The Morgan fingerprint density at radius 2 is 1.86 bits per heavy atom. The first kappa shape index (κ1) is 16.1. The number of aryl methyl sites for hydroxylation is 3. The van der Waals surface area contributed by atoms with Gasteiger partial charge in [-0.25, -0.2) is 22.5 Å². The lowest BCUT2D eigenvalue weighted by molar-refractivity contribution is 0.578. The van der Waals surface area contributed by atoms with E-state index in [-0.39, 0.29) is 11.4 Å². The quantitative estimate of drug-likeness (QED) is 0.918. The summed E-state index contributed by atoms with van der Waals surface area (Å²) in [5.74, 6) is -0.429. The largest absolute Gasteiger partial charge is 0.247 e. The molecule has 0 saturated carbocycles. The summed E-state index contributed by atoms with van der Waals surface area (Å²) in [5.41, 5.74) is 1.68. The molecule has 0 unspecified atom stereocenters. The highest BCUT2D eigenvalue weighted by Gasteiger charge is 2.20. The third kappa shape index (κ3) is 3.87. The van der Waals surface area contributed by atoms with Crippen molar-refractivity contribution in [2.45, 2.75) is 32.1 Å². The minimum Gasteiger partial charge on any atom is -0.247 e. The van der Waals surface area contributed by atoms with Gasteiger partial charge in [0.15, 0.2) is 0 Å². The molecule has 114 valence electrons. The van der Waals surface area contributed by atoms with Gasteiger partial charge < -0.3 is 0 Å². The monoisotopic (exact) mass is 328 g/mol. The lowest BCUT2D eigenvalue weighted by Crippen LogP contribution is -2.27. The predicted octanol–water partition coefficient (Wildman–Crippen LogP) is 2.73. The number of halogens is 1. The van der Waals surface area contributed by atoms with Crippen molar-refractivity contribution >= 4 is 21.4 Å². The molecule has 0 radical (unpaired) electrons. The van der Waals surface area contributed by atoms with Crippen LogP contribution >= 0.6 is 11.3 Å². The summed E-state index contributed by atoms with van der Waals surface area (Å²) < 4.78 is 40.5. The average molecular weight is 328 g/mol. The SMILES string of the molecule is Cc1nc(CCNS(=O)(=O)c2c(C)cc(F)cc2C)cs1. The molecule has 0 amide bonds. The van der Waals surface area contributed by atoms with Crippen molar-refractivity contribution in [1.82, 2.24) is 9.71 Å². The fourth-order valence-corrected chi connectivity index (χ4v) is 4.36. The molecule has 1 heterocycles. The Morgan fingerprint density at radius 3 is 2.38 bits per heavy atom. The Bertz CT molecular complexity index is 731. The zero-order chi connectivity index (χ0) is 15.6. The first-order chi connectivity index (χ1) is 9.79. The fraction of sp³-hybridized carbons (Fsp3) is 0.357. The van der Waals surface area contributed by atoms with E-state index in [1.165, 1.54) is 23.5 Å². The molecule has 0 fully saturated rings. The van der Waals surface area contributed by atoms with Gasteiger partial charge in [0.1, 0.15) is 5.82 Å². The normalized spacial score (nSPS) is 11.8. The van der Waals surface area contributed by atoms with Gasteiger partial charge in [-0.15, -0.1) is 11.3 Å². The van der Waals surface area contributed by atoms with Crippen LogP contribution < -0.4 is 4.72 Å². The number of nitrogens with zero attached hydrogens (tertiary/aromatic N) is 1. The summed E-state index contributed by atoms with van der Waals surface area (Å²) in [5, 5.41) is 2.87. The highest BCUT2D eigenvalue weighted by molar-refractivity contribution is 7.89. The molecule has 0 atom stereocenters. The molecule has 1 aromatic heterocycles. The molecule has 0 saturated heterocycles. The first-order valence-electron chi connectivity index (χ1n) is 6.47. The summed E-state index contributed by atoms with van der Waals surface area (Å²) in [6, 6.07) is 2.46. The van der Waals surface area contributed by atoms with Gasteiger partial charge in [0.05, 0.1) is 15.6 Å². The third-order valence-electron chi connectivity index (χ3n) is 3.03. The molecule has 2 rings (SSSR count). The number of thiazole rings is 1. The number of benzene rings is 1. The van der Waals surface area contributed by atoms with Crippen LogP contribution in [0.4, 0.5) is 4.39 Å². The van der Waals surface area contributed by atoms with Crippen LogP contribution in [-0.2, 0) is 16.4 Å². The molecular formula is C14H17FN2O2S2. The smallest absolute Gasteiger partial charge is 0.241 e. The van der Waals surface area contributed by atoms with Gasteiger partial charge >= 0.3 is 0 Å². The van der Waals surface area contributed by atoms with Gasteiger partial charge in [-0.2, -0.15) is 0 Å². The predicted molar refractivity (Wildman–Crippen MR) is 81.6 cm³/mol. The van der Waals surface area contributed by atoms with Crippen molar-refractivity contribution in [3.63, 3.8) is 0 Å².